The Balaban J connectivity index is 2.90. The highest BCUT2D eigenvalue weighted by Gasteiger charge is 2.05. The van der Waals surface area contributed by atoms with Gasteiger partial charge < -0.3 is 14.3 Å². The van der Waals surface area contributed by atoms with Crippen molar-refractivity contribution in [2.24, 2.45) is 0 Å². The quantitative estimate of drug-likeness (QED) is 0.652. The standard InChI is InChI=1S/C7H7O5PS/c1-14(10,11)7-4-2-6(3-5-7)12-13(8)9/h2-5H,1H3/q-2. The Morgan fingerprint density at radius 3 is 2.07 bits per heavy atom. The molecule has 1 aromatic rings. The minimum absolute atomic E-state index is 0.0912. The molecule has 0 aliphatic rings. The van der Waals surface area contributed by atoms with Crippen LogP contribution < -0.4 is 14.3 Å². The van der Waals surface area contributed by atoms with Crippen molar-refractivity contribution in [3.63, 3.8) is 0 Å². The molecule has 0 saturated carbocycles. The first kappa shape index (κ1) is 11.4. The molecule has 0 saturated heterocycles. The molecule has 0 aliphatic carbocycles. The van der Waals surface area contributed by atoms with Crippen LogP contribution in [-0.2, 0) is 9.84 Å². The summed E-state index contributed by atoms with van der Waals surface area (Å²) in [4.78, 5) is 20.4. The maximum atomic E-state index is 11.0. The first-order valence-corrected chi connectivity index (χ1v) is 6.51. The molecule has 0 atom stereocenters. The summed E-state index contributed by atoms with van der Waals surface area (Å²) in [5, 5.41) is 0. The summed E-state index contributed by atoms with van der Waals surface area (Å²) in [5.41, 5.74) is 0. The molecule has 0 aliphatic heterocycles. The lowest BCUT2D eigenvalue weighted by Crippen LogP contribution is -2.12. The van der Waals surface area contributed by atoms with Gasteiger partial charge in [-0.15, -0.1) is 0 Å². The Kier molecular flexibility index (Phi) is 3.44. The molecule has 1 aromatic carbocycles. The number of sulfone groups is 1. The monoisotopic (exact) mass is 234 g/mol. The van der Waals surface area contributed by atoms with Crippen molar-refractivity contribution in [2.75, 3.05) is 6.26 Å². The van der Waals surface area contributed by atoms with Crippen molar-refractivity contribution in [2.45, 2.75) is 4.90 Å². The fourth-order valence-electron chi connectivity index (χ4n) is 0.834. The lowest BCUT2D eigenvalue weighted by atomic mass is 10.3. The summed E-state index contributed by atoms with van der Waals surface area (Å²) < 4.78 is 26.4. The van der Waals surface area contributed by atoms with Crippen molar-refractivity contribution >= 4 is 18.4 Å². The molecule has 14 heavy (non-hydrogen) atoms. The molecule has 0 fully saturated rings. The molecule has 7 heteroatoms. The predicted octanol–water partition coefficient (Wildman–Crippen LogP) is -0.584. The third-order valence-electron chi connectivity index (χ3n) is 1.43. The predicted molar refractivity (Wildman–Crippen MR) is 47.1 cm³/mol. The van der Waals surface area contributed by atoms with Gasteiger partial charge in [-0.25, -0.2) is 8.42 Å². The van der Waals surface area contributed by atoms with Crippen LogP contribution in [0.5, 0.6) is 5.75 Å². The van der Waals surface area contributed by atoms with Crippen LogP contribution in [0.1, 0.15) is 0 Å². The molecule has 0 radical (unpaired) electrons. The lowest BCUT2D eigenvalue weighted by Gasteiger charge is -2.29. The zero-order valence-electron chi connectivity index (χ0n) is 7.21. The molecule has 0 bridgehead atoms. The Morgan fingerprint density at radius 2 is 1.71 bits per heavy atom. The van der Waals surface area contributed by atoms with Gasteiger partial charge in [0, 0.05) is 6.26 Å². The van der Waals surface area contributed by atoms with Crippen molar-refractivity contribution in [1.82, 2.24) is 0 Å². The van der Waals surface area contributed by atoms with E-state index in [1.165, 1.54) is 24.3 Å². The molecule has 5 nitrogen and oxygen atoms in total. The summed E-state index contributed by atoms with van der Waals surface area (Å²) in [6.45, 7) is 0. The second kappa shape index (κ2) is 4.23. The van der Waals surface area contributed by atoms with E-state index in [4.69, 9.17) is 0 Å². The van der Waals surface area contributed by atoms with E-state index >= 15 is 0 Å². The van der Waals surface area contributed by atoms with Crippen LogP contribution in [0.3, 0.4) is 0 Å². The Labute approximate surface area is 82.9 Å². The van der Waals surface area contributed by atoms with E-state index in [-0.39, 0.29) is 10.6 Å². The molecular formula is C7H7O5PS-2. The largest absolute Gasteiger partial charge is 0.810 e. The molecule has 0 N–H and O–H groups in total. The lowest BCUT2D eigenvalue weighted by molar-refractivity contribution is -0.310. The van der Waals surface area contributed by atoms with Crippen LogP contribution in [-0.4, -0.2) is 14.7 Å². The summed E-state index contributed by atoms with van der Waals surface area (Å²) in [5.74, 6) is 0.0912. The van der Waals surface area contributed by atoms with Gasteiger partial charge in [0.1, 0.15) is 5.75 Å². The second-order valence-corrected chi connectivity index (χ2v) is 5.20. The average Bonchev–Trinajstić information content (AvgIpc) is 2.02. The van der Waals surface area contributed by atoms with E-state index in [2.05, 4.69) is 4.52 Å². The van der Waals surface area contributed by atoms with Gasteiger partial charge in [0.25, 0.3) is 0 Å². The minimum atomic E-state index is -3.25. The summed E-state index contributed by atoms with van der Waals surface area (Å²) in [6.07, 6.45) is 1.07. The molecule has 0 unspecified atom stereocenters. The normalized spacial score (nSPS) is 11.7. The van der Waals surface area contributed by atoms with Crippen molar-refractivity contribution in [3.05, 3.63) is 24.3 Å². The van der Waals surface area contributed by atoms with Gasteiger partial charge in [-0.3, -0.25) is 0 Å². The van der Waals surface area contributed by atoms with Crippen LogP contribution in [0.4, 0.5) is 0 Å². The van der Waals surface area contributed by atoms with Gasteiger partial charge in [-0.2, -0.15) is 0 Å². The van der Waals surface area contributed by atoms with Gasteiger partial charge in [0.05, 0.1) is 4.90 Å². The maximum absolute atomic E-state index is 11.0. The highest BCUT2D eigenvalue weighted by Crippen LogP contribution is 2.23. The van der Waals surface area contributed by atoms with Gasteiger partial charge in [0.2, 0.25) is 0 Å². The van der Waals surface area contributed by atoms with Crippen molar-refractivity contribution in [1.29, 1.82) is 0 Å². The highest BCUT2D eigenvalue weighted by molar-refractivity contribution is 7.90. The second-order valence-electron chi connectivity index (χ2n) is 2.56. The molecular weight excluding hydrogens is 227 g/mol. The van der Waals surface area contributed by atoms with Gasteiger partial charge in [-0.05, 0) is 24.3 Å². The Morgan fingerprint density at radius 1 is 1.21 bits per heavy atom. The van der Waals surface area contributed by atoms with Crippen LogP contribution >= 0.6 is 8.60 Å². The number of rotatable bonds is 3. The zero-order valence-corrected chi connectivity index (χ0v) is 8.92. The first-order chi connectivity index (χ1) is 6.39. The van der Waals surface area contributed by atoms with E-state index in [1.807, 2.05) is 0 Å². The molecule has 0 heterocycles. The van der Waals surface area contributed by atoms with E-state index in [0.29, 0.717) is 0 Å². The fraction of sp³-hybridized carbons (Fsp3) is 0.143. The van der Waals surface area contributed by atoms with E-state index in [0.717, 1.165) is 6.26 Å². The molecule has 0 aromatic heterocycles. The fourth-order valence-corrected chi connectivity index (χ4v) is 1.76. The minimum Gasteiger partial charge on any atom is -0.810 e. The topological polar surface area (TPSA) is 89.5 Å². The van der Waals surface area contributed by atoms with E-state index in [1.54, 1.807) is 0 Å². The van der Waals surface area contributed by atoms with Crippen molar-refractivity contribution < 1.29 is 22.7 Å². The first-order valence-electron chi connectivity index (χ1n) is 3.52. The summed E-state index contributed by atoms with van der Waals surface area (Å²) >= 11 is 0. The molecule has 0 amide bonds. The number of hydrogen-bond donors (Lipinski definition) is 0. The van der Waals surface area contributed by atoms with Gasteiger partial charge in [0.15, 0.2) is 9.84 Å². The zero-order chi connectivity index (χ0) is 10.8. The average molecular weight is 234 g/mol. The van der Waals surface area contributed by atoms with E-state index < -0.39 is 18.4 Å². The SMILES string of the molecule is CS(=O)(=O)c1ccc(OP([O-])[O-])cc1. The Bertz CT molecular complexity index is 397. The van der Waals surface area contributed by atoms with Crippen molar-refractivity contribution in [3.8, 4) is 5.75 Å². The summed E-state index contributed by atoms with van der Waals surface area (Å²) in [6, 6.07) is 5.12. The Hall–Kier alpha value is -0.680. The number of hydrogen-bond acceptors (Lipinski definition) is 5. The van der Waals surface area contributed by atoms with Gasteiger partial charge >= 0.3 is 0 Å². The van der Waals surface area contributed by atoms with Crippen LogP contribution in [0.25, 0.3) is 0 Å². The molecule has 0 spiro atoms. The third kappa shape index (κ3) is 3.23. The molecule has 1 rings (SSSR count). The van der Waals surface area contributed by atoms with Gasteiger partial charge in [-0.1, -0.05) is 8.60 Å². The summed E-state index contributed by atoms with van der Waals surface area (Å²) in [7, 11) is -6.22. The van der Waals surface area contributed by atoms with E-state index in [9.17, 15) is 18.2 Å². The molecule has 78 valence electrons. The number of benzene rings is 1. The smallest absolute Gasteiger partial charge is 0.175 e. The van der Waals surface area contributed by atoms with Crippen LogP contribution in [0.15, 0.2) is 29.2 Å². The van der Waals surface area contributed by atoms with Crippen LogP contribution in [0, 0.1) is 0 Å². The maximum Gasteiger partial charge on any atom is 0.175 e. The third-order valence-corrected chi connectivity index (χ3v) is 2.92. The highest BCUT2D eigenvalue weighted by atomic mass is 32.2. The van der Waals surface area contributed by atoms with Crippen LogP contribution in [0.2, 0.25) is 0 Å².